The van der Waals surface area contributed by atoms with Crippen LogP contribution < -0.4 is 0 Å². The molecule has 5 heteroatoms. The summed E-state index contributed by atoms with van der Waals surface area (Å²) in [5.41, 5.74) is -0.499. The lowest BCUT2D eigenvalue weighted by atomic mass is 10.1. The largest absolute Gasteiger partial charge is 0.416 e. The van der Waals surface area contributed by atoms with Crippen LogP contribution in [0.5, 0.6) is 0 Å². The molecule has 0 radical (unpaired) electrons. The van der Waals surface area contributed by atoms with Crippen molar-refractivity contribution in [1.29, 1.82) is 0 Å². The molecular weight excluding hydrogens is 236 g/mol. The SMILES string of the molecule is C/C(=C\c1cc(F)cc(C(F)(F)F)c1)C(C)O. The summed E-state index contributed by atoms with van der Waals surface area (Å²) >= 11 is 0. The van der Waals surface area contributed by atoms with Gasteiger partial charge in [0.1, 0.15) is 5.82 Å². The molecule has 1 N–H and O–H groups in total. The number of benzene rings is 1. The van der Waals surface area contributed by atoms with Crippen molar-refractivity contribution in [2.75, 3.05) is 0 Å². The molecule has 1 atom stereocenters. The third kappa shape index (κ3) is 3.85. The zero-order valence-electron chi connectivity index (χ0n) is 9.35. The summed E-state index contributed by atoms with van der Waals surface area (Å²) in [5, 5.41) is 9.20. The molecule has 1 rings (SSSR count). The van der Waals surface area contributed by atoms with E-state index < -0.39 is 23.7 Å². The molecule has 0 aliphatic carbocycles. The van der Waals surface area contributed by atoms with Crippen LogP contribution in [0.1, 0.15) is 25.0 Å². The molecule has 0 aliphatic rings. The predicted octanol–water partition coefficient (Wildman–Crippen LogP) is 3.63. The molecule has 1 aromatic carbocycles. The Kier molecular flexibility index (Phi) is 3.93. The Balaban J connectivity index is 3.19. The molecule has 0 aliphatic heterocycles. The summed E-state index contributed by atoms with van der Waals surface area (Å²) in [4.78, 5) is 0. The monoisotopic (exact) mass is 248 g/mol. The molecule has 1 nitrogen and oxygen atoms in total. The smallest absolute Gasteiger partial charge is 0.389 e. The van der Waals surface area contributed by atoms with Crippen LogP contribution in [0.25, 0.3) is 6.08 Å². The van der Waals surface area contributed by atoms with Crippen molar-refractivity contribution in [3.63, 3.8) is 0 Å². The third-order valence-corrected chi connectivity index (χ3v) is 2.30. The third-order valence-electron chi connectivity index (χ3n) is 2.30. The van der Waals surface area contributed by atoms with Gasteiger partial charge in [-0.2, -0.15) is 13.2 Å². The van der Waals surface area contributed by atoms with E-state index in [-0.39, 0.29) is 5.56 Å². The maximum absolute atomic E-state index is 13.0. The quantitative estimate of drug-likeness (QED) is 0.792. The fraction of sp³-hybridized carbons (Fsp3) is 0.333. The number of aliphatic hydroxyl groups excluding tert-OH is 1. The second-order valence-corrected chi connectivity index (χ2v) is 3.84. The first kappa shape index (κ1) is 13.7. The van der Waals surface area contributed by atoms with Crippen molar-refractivity contribution in [3.8, 4) is 0 Å². The average Bonchev–Trinajstić information content (AvgIpc) is 2.15. The standard InChI is InChI=1S/C12H12F4O/c1-7(8(2)17)3-9-4-10(12(14,15)16)6-11(13)5-9/h3-6,8,17H,1-2H3/b7-3+. The summed E-state index contributed by atoms with van der Waals surface area (Å²) in [6, 6.07) is 2.27. The Bertz CT molecular complexity index is 433. The van der Waals surface area contributed by atoms with Crippen LogP contribution in [0.3, 0.4) is 0 Å². The summed E-state index contributed by atoms with van der Waals surface area (Å²) < 4.78 is 50.2. The summed E-state index contributed by atoms with van der Waals surface area (Å²) in [5.74, 6) is -0.954. The van der Waals surface area contributed by atoms with Crippen LogP contribution >= 0.6 is 0 Å². The van der Waals surface area contributed by atoms with Crippen LogP contribution in [0.15, 0.2) is 23.8 Å². The Morgan fingerprint density at radius 1 is 1.29 bits per heavy atom. The lowest BCUT2D eigenvalue weighted by molar-refractivity contribution is -0.137. The first-order valence-electron chi connectivity index (χ1n) is 4.94. The summed E-state index contributed by atoms with van der Waals surface area (Å²) in [6.45, 7) is 3.04. The van der Waals surface area contributed by atoms with E-state index in [1.165, 1.54) is 13.0 Å². The first-order chi connectivity index (χ1) is 7.70. The highest BCUT2D eigenvalue weighted by atomic mass is 19.4. The highest BCUT2D eigenvalue weighted by molar-refractivity contribution is 5.54. The van der Waals surface area contributed by atoms with E-state index in [0.29, 0.717) is 11.6 Å². The number of alkyl halides is 3. The molecule has 1 aromatic rings. The van der Waals surface area contributed by atoms with E-state index in [1.807, 2.05) is 0 Å². The molecule has 0 bridgehead atoms. The Morgan fingerprint density at radius 2 is 1.88 bits per heavy atom. The van der Waals surface area contributed by atoms with Gasteiger partial charge >= 0.3 is 6.18 Å². The average molecular weight is 248 g/mol. The zero-order valence-corrected chi connectivity index (χ0v) is 9.35. The Morgan fingerprint density at radius 3 is 2.35 bits per heavy atom. The van der Waals surface area contributed by atoms with Gasteiger partial charge in [-0.05, 0) is 43.2 Å². The molecular formula is C12H12F4O. The van der Waals surface area contributed by atoms with Crippen molar-refractivity contribution in [1.82, 2.24) is 0 Å². The lowest BCUT2D eigenvalue weighted by Gasteiger charge is -2.09. The molecule has 0 fully saturated rings. The molecule has 94 valence electrons. The van der Waals surface area contributed by atoms with Crippen LogP contribution in [0, 0.1) is 5.82 Å². The van der Waals surface area contributed by atoms with Gasteiger partial charge in [0, 0.05) is 0 Å². The van der Waals surface area contributed by atoms with Crippen molar-refractivity contribution >= 4 is 6.08 Å². The van der Waals surface area contributed by atoms with Crippen LogP contribution in [0.2, 0.25) is 0 Å². The van der Waals surface area contributed by atoms with Crippen LogP contribution in [-0.2, 0) is 6.18 Å². The molecule has 0 spiro atoms. The molecule has 0 saturated heterocycles. The maximum atomic E-state index is 13.0. The molecule has 0 saturated carbocycles. The van der Waals surface area contributed by atoms with Crippen molar-refractivity contribution in [3.05, 3.63) is 40.7 Å². The van der Waals surface area contributed by atoms with Gasteiger partial charge in [-0.1, -0.05) is 6.08 Å². The minimum Gasteiger partial charge on any atom is -0.389 e. The van der Waals surface area contributed by atoms with Gasteiger partial charge in [-0.25, -0.2) is 4.39 Å². The first-order valence-corrected chi connectivity index (χ1v) is 4.94. The van der Waals surface area contributed by atoms with Crippen molar-refractivity contribution in [2.45, 2.75) is 26.1 Å². The van der Waals surface area contributed by atoms with Gasteiger partial charge in [-0.3, -0.25) is 0 Å². The van der Waals surface area contributed by atoms with Gasteiger partial charge in [0.2, 0.25) is 0 Å². The Hall–Kier alpha value is -1.36. The maximum Gasteiger partial charge on any atom is 0.416 e. The van der Waals surface area contributed by atoms with E-state index in [4.69, 9.17) is 0 Å². The molecule has 17 heavy (non-hydrogen) atoms. The lowest BCUT2D eigenvalue weighted by Crippen LogP contribution is -2.06. The van der Waals surface area contributed by atoms with Gasteiger partial charge in [0.25, 0.3) is 0 Å². The normalized spacial score (nSPS) is 14.9. The summed E-state index contributed by atoms with van der Waals surface area (Å²) in [6.07, 6.45) is -4.04. The molecule has 0 aromatic heterocycles. The topological polar surface area (TPSA) is 20.2 Å². The van der Waals surface area contributed by atoms with Gasteiger partial charge < -0.3 is 5.11 Å². The number of aliphatic hydroxyl groups is 1. The predicted molar refractivity (Wildman–Crippen MR) is 56.7 cm³/mol. The van der Waals surface area contributed by atoms with Crippen molar-refractivity contribution in [2.24, 2.45) is 0 Å². The van der Waals surface area contributed by atoms with E-state index in [1.54, 1.807) is 6.92 Å². The fourth-order valence-electron chi connectivity index (χ4n) is 1.24. The van der Waals surface area contributed by atoms with Gasteiger partial charge in [0.15, 0.2) is 0 Å². The number of rotatable bonds is 2. The van der Waals surface area contributed by atoms with E-state index in [2.05, 4.69) is 0 Å². The molecule has 1 unspecified atom stereocenters. The van der Waals surface area contributed by atoms with Crippen molar-refractivity contribution < 1.29 is 22.7 Å². The highest BCUT2D eigenvalue weighted by Crippen LogP contribution is 2.30. The number of hydrogen-bond donors (Lipinski definition) is 1. The minimum absolute atomic E-state index is 0.0794. The second-order valence-electron chi connectivity index (χ2n) is 3.84. The summed E-state index contributed by atoms with van der Waals surface area (Å²) in [7, 11) is 0. The van der Waals surface area contributed by atoms with Gasteiger partial charge in [0.05, 0.1) is 11.7 Å². The van der Waals surface area contributed by atoms with Gasteiger partial charge in [-0.15, -0.1) is 0 Å². The van der Waals surface area contributed by atoms with E-state index in [0.717, 1.165) is 12.1 Å². The zero-order chi connectivity index (χ0) is 13.2. The highest BCUT2D eigenvalue weighted by Gasteiger charge is 2.31. The second kappa shape index (κ2) is 4.87. The number of hydrogen-bond acceptors (Lipinski definition) is 1. The molecule has 0 amide bonds. The number of halogens is 4. The van der Waals surface area contributed by atoms with E-state index in [9.17, 15) is 22.7 Å². The Labute approximate surface area is 96.4 Å². The molecule has 0 heterocycles. The van der Waals surface area contributed by atoms with Crippen LogP contribution in [-0.4, -0.2) is 11.2 Å². The van der Waals surface area contributed by atoms with E-state index >= 15 is 0 Å². The fourth-order valence-corrected chi connectivity index (χ4v) is 1.24. The van der Waals surface area contributed by atoms with Crippen LogP contribution in [0.4, 0.5) is 17.6 Å². The minimum atomic E-state index is -4.58.